The van der Waals surface area contributed by atoms with E-state index in [-0.39, 0.29) is 0 Å². The van der Waals surface area contributed by atoms with E-state index in [1.54, 1.807) is 0 Å². The van der Waals surface area contributed by atoms with Crippen LogP contribution in [0.2, 0.25) is 0 Å². The second-order valence-corrected chi connectivity index (χ2v) is 13.1. The quantitative estimate of drug-likeness (QED) is 0.345. The van der Waals surface area contributed by atoms with Crippen molar-refractivity contribution in [1.82, 2.24) is 0 Å². The van der Waals surface area contributed by atoms with Crippen LogP contribution >= 0.6 is 6.19 Å². The van der Waals surface area contributed by atoms with Crippen LogP contribution in [0.25, 0.3) is 32.7 Å². The van der Waals surface area contributed by atoms with Crippen LogP contribution in [0.3, 0.4) is 0 Å². The fourth-order valence-electron chi connectivity index (χ4n) is 3.80. The Balaban J connectivity index is 2.15. The van der Waals surface area contributed by atoms with Gasteiger partial charge in [-0.05, 0) is 53.9 Å². The van der Waals surface area contributed by atoms with Gasteiger partial charge in [0.2, 0.25) is 0 Å². The minimum absolute atomic E-state index is 0.873. The molecule has 0 unspecified atom stereocenters. The Bertz CT molecular complexity index is 1210. The van der Waals surface area contributed by atoms with Crippen molar-refractivity contribution in [2.45, 2.75) is 6.92 Å². The molecule has 28 heavy (non-hydrogen) atoms. The van der Waals surface area contributed by atoms with Gasteiger partial charge < -0.3 is 10.4 Å². The molecule has 0 atom stereocenters. The average molecular weight is 405 g/mol. The zero-order valence-electron chi connectivity index (χ0n) is 16.5. The minimum Gasteiger partial charge on any atom is -0.385 e. The van der Waals surface area contributed by atoms with Gasteiger partial charge in [-0.25, -0.2) is 0 Å². The predicted molar refractivity (Wildman–Crippen MR) is 131 cm³/mol. The molecular formula is C24H25N2PS. The first kappa shape index (κ1) is 19.0. The third-order valence-corrected chi connectivity index (χ3v) is 5.92. The van der Waals surface area contributed by atoms with Crippen molar-refractivity contribution in [3.05, 3.63) is 72.8 Å². The summed E-state index contributed by atoms with van der Waals surface area (Å²) in [5, 5.41) is 12.2. The highest BCUT2D eigenvalue weighted by atomic mass is 32.4. The lowest BCUT2D eigenvalue weighted by molar-refractivity contribution is 1.22. The van der Waals surface area contributed by atoms with E-state index in [1.165, 1.54) is 32.7 Å². The molecule has 0 aromatic heterocycles. The second-order valence-electron chi connectivity index (χ2n) is 7.41. The molecule has 0 aliphatic rings. The van der Waals surface area contributed by atoms with E-state index in [2.05, 4.69) is 103 Å². The molecule has 4 heteroatoms. The Morgan fingerprint density at radius 2 is 1.21 bits per heavy atom. The second kappa shape index (κ2) is 7.58. The SMILES string of the molecule is CCNc1ccc2ccccc2c1-c1c(NP(C)(C)=S)ccc2ccccc12. The molecule has 0 bridgehead atoms. The number of fused-ring (bicyclic) bond motifs is 2. The summed E-state index contributed by atoms with van der Waals surface area (Å²) in [4.78, 5) is 0. The molecule has 4 aromatic rings. The summed E-state index contributed by atoms with van der Waals surface area (Å²) in [6, 6.07) is 26.0. The minimum atomic E-state index is -1.64. The number of rotatable bonds is 5. The first-order chi connectivity index (χ1) is 13.5. The van der Waals surface area contributed by atoms with Gasteiger partial charge in [-0.1, -0.05) is 72.5 Å². The maximum Gasteiger partial charge on any atom is 0.0464 e. The zero-order chi connectivity index (χ0) is 19.7. The third kappa shape index (κ3) is 3.65. The van der Waals surface area contributed by atoms with E-state index in [0.29, 0.717) is 0 Å². The summed E-state index contributed by atoms with van der Waals surface area (Å²) in [6.07, 6.45) is -1.64. The lowest BCUT2D eigenvalue weighted by Crippen LogP contribution is -2.02. The molecule has 4 rings (SSSR count). The smallest absolute Gasteiger partial charge is 0.0464 e. The molecule has 0 saturated carbocycles. The topological polar surface area (TPSA) is 24.1 Å². The van der Waals surface area contributed by atoms with E-state index < -0.39 is 6.19 Å². The van der Waals surface area contributed by atoms with Crippen LogP contribution < -0.4 is 10.4 Å². The Labute approximate surface area is 172 Å². The van der Waals surface area contributed by atoms with Crippen molar-refractivity contribution in [3.63, 3.8) is 0 Å². The van der Waals surface area contributed by atoms with Gasteiger partial charge in [0, 0.05) is 35.2 Å². The van der Waals surface area contributed by atoms with Crippen LogP contribution in [-0.4, -0.2) is 19.9 Å². The summed E-state index contributed by atoms with van der Waals surface area (Å²) in [5.74, 6) is 0. The van der Waals surface area contributed by atoms with Crippen molar-refractivity contribution in [1.29, 1.82) is 0 Å². The normalized spacial score (nSPS) is 11.7. The third-order valence-electron chi connectivity index (χ3n) is 4.86. The lowest BCUT2D eigenvalue weighted by Gasteiger charge is -2.23. The summed E-state index contributed by atoms with van der Waals surface area (Å²) < 4.78 is 0. The highest BCUT2D eigenvalue weighted by Gasteiger charge is 2.18. The fraction of sp³-hybridized carbons (Fsp3) is 0.167. The molecule has 0 spiro atoms. The number of hydrogen-bond donors (Lipinski definition) is 2. The monoisotopic (exact) mass is 404 g/mol. The Morgan fingerprint density at radius 1 is 0.714 bits per heavy atom. The standard InChI is InChI=1S/C24H25N2PS/c1-4-25-21-15-13-17-9-5-7-11-19(17)23(21)24-20-12-8-6-10-18(20)14-16-22(24)26-27(2,3)28/h5-16,25H,4H2,1-3H3,(H,26,28). The summed E-state index contributed by atoms with van der Waals surface area (Å²) >= 11 is 5.76. The maximum absolute atomic E-state index is 5.76. The molecule has 0 aliphatic heterocycles. The predicted octanol–water partition coefficient (Wildman–Crippen LogP) is 7.16. The Hall–Kier alpha value is -2.35. The highest BCUT2D eigenvalue weighted by molar-refractivity contribution is 8.14. The molecule has 0 radical (unpaired) electrons. The van der Waals surface area contributed by atoms with Crippen LogP contribution in [0, 0.1) is 0 Å². The van der Waals surface area contributed by atoms with Crippen molar-refractivity contribution < 1.29 is 0 Å². The van der Waals surface area contributed by atoms with Crippen LogP contribution in [0.1, 0.15) is 6.92 Å². The van der Waals surface area contributed by atoms with Crippen LogP contribution in [0.4, 0.5) is 11.4 Å². The number of benzene rings is 4. The van der Waals surface area contributed by atoms with E-state index in [1.807, 2.05) is 0 Å². The summed E-state index contributed by atoms with van der Waals surface area (Å²) in [7, 11) is 0. The maximum atomic E-state index is 5.76. The van der Waals surface area contributed by atoms with Crippen LogP contribution in [0.5, 0.6) is 0 Å². The first-order valence-electron chi connectivity index (χ1n) is 9.59. The Kier molecular flexibility index (Phi) is 5.14. The van der Waals surface area contributed by atoms with Crippen LogP contribution in [-0.2, 0) is 11.8 Å². The number of anilines is 2. The molecule has 2 N–H and O–H groups in total. The molecule has 142 valence electrons. The largest absolute Gasteiger partial charge is 0.385 e. The zero-order valence-corrected chi connectivity index (χ0v) is 18.2. The van der Waals surface area contributed by atoms with Gasteiger partial charge in [-0.2, -0.15) is 0 Å². The van der Waals surface area contributed by atoms with Gasteiger partial charge in [0.05, 0.1) is 0 Å². The van der Waals surface area contributed by atoms with E-state index in [9.17, 15) is 0 Å². The molecule has 0 aliphatic carbocycles. The van der Waals surface area contributed by atoms with Crippen molar-refractivity contribution in [2.75, 3.05) is 30.3 Å². The van der Waals surface area contributed by atoms with Gasteiger partial charge >= 0.3 is 0 Å². The molecule has 2 nitrogen and oxygen atoms in total. The summed E-state index contributed by atoms with van der Waals surface area (Å²) in [5.41, 5.74) is 4.73. The molecule has 0 saturated heterocycles. The van der Waals surface area contributed by atoms with Crippen molar-refractivity contribution in [2.24, 2.45) is 0 Å². The van der Waals surface area contributed by atoms with Gasteiger partial charge in [-0.15, -0.1) is 0 Å². The average Bonchev–Trinajstić information content (AvgIpc) is 2.67. The molecule has 4 aromatic carbocycles. The van der Waals surface area contributed by atoms with E-state index >= 15 is 0 Å². The molecule has 0 fully saturated rings. The van der Waals surface area contributed by atoms with E-state index in [0.717, 1.165) is 17.9 Å². The molecule has 0 amide bonds. The summed E-state index contributed by atoms with van der Waals surface area (Å²) in [6.45, 7) is 7.28. The lowest BCUT2D eigenvalue weighted by atomic mass is 9.91. The van der Waals surface area contributed by atoms with Crippen molar-refractivity contribution >= 4 is 50.9 Å². The number of hydrogen-bond acceptors (Lipinski definition) is 2. The van der Waals surface area contributed by atoms with Gasteiger partial charge in [0.15, 0.2) is 0 Å². The van der Waals surface area contributed by atoms with Gasteiger partial charge in [0.1, 0.15) is 0 Å². The molecular weight excluding hydrogens is 379 g/mol. The Morgan fingerprint density at radius 3 is 1.75 bits per heavy atom. The highest BCUT2D eigenvalue weighted by Crippen LogP contribution is 2.47. The van der Waals surface area contributed by atoms with Crippen LogP contribution in [0.15, 0.2) is 72.8 Å². The number of nitrogens with one attached hydrogen (secondary N) is 2. The fourth-order valence-corrected chi connectivity index (χ4v) is 4.86. The first-order valence-corrected chi connectivity index (χ1v) is 13.3. The van der Waals surface area contributed by atoms with Gasteiger partial charge in [-0.3, -0.25) is 0 Å². The van der Waals surface area contributed by atoms with E-state index in [4.69, 9.17) is 11.8 Å². The molecule has 0 heterocycles. The van der Waals surface area contributed by atoms with Crippen molar-refractivity contribution in [3.8, 4) is 11.1 Å². The van der Waals surface area contributed by atoms with Gasteiger partial charge in [0.25, 0.3) is 0 Å².